The molecule has 1 aromatic rings. The van der Waals surface area contributed by atoms with Crippen LogP contribution in [0.5, 0.6) is 0 Å². The molecule has 3 heteroatoms. The van der Waals surface area contributed by atoms with E-state index in [9.17, 15) is 5.11 Å². The zero-order valence-electron chi connectivity index (χ0n) is 13.0. The molecule has 20 heavy (non-hydrogen) atoms. The van der Waals surface area contributed by atoms with Crippen LogP contribution >= 0.6 is 0 Å². The first-order valence-electron chi connectivity index (χ1n) is 7.64. The number of rotatable bonds is 5. The predicted molar refractivity (Wildman–Crippen MR) is 85.1 cm³/mol. The second-order valence-corrected chi connectivity index (χ2v) is 6.48. The summed E-state index contributed by atoms with van der Waals surface area (Å²) in [6.07, 6.45) is 4.31. The van der Waals surface area contributed by atoms with Crippen LogP contribution < -0.4 is 10.6 Å². The van der Waals surface area contributed by atoms with E-state index in [1.165, 1.54) is 16.8 Å². The summed E-state index contributed by atoms with van der Waals surface area (Å²) < 4.78 is 0. The van der Waals surface area contributed by atoms with Crippen molar-refractivity contribution in [2.24, 2.45) is 11.7 Å². The molecule has 0 amide bonds. The number of aliphatic hydroxyl groups excluding tert-OH is 1. The van der Waals surface area contributed by atoms with Crippen molar-refractivity contribution in [2.75, 3.05) is 25.1 Å². The maximum Gasteiger partial charge on any atom is 0.0613 e. The van der Waals surface area contributed by atoms with E-state index in [0.717, 1.165) is 32.2 Å². The highest BCUT2D eigenvalue weighted by Gasteiger charge is 2.38. The number of benzene rings is 1. The fourth-order valence-corrected chi connectivity index (χ4v) is 3.51. The average molecular weight is 276 g/mol. The Morgan fingerprint density at radius 3 is 2.80 bits per heavy atom. The lowest BCUT2D eigenvalue weighted by atomic mass is 9.86. The van der Waals surface area contributed by atoms with Gasteiger partial charge in [-0.1, -0.05) is 24.1 Å². The third kappa shape index (κ3) is 3.15. The minimum atomic E-state index is -0.344. The molecule has 0 saturated heterocycles. The number of hydrogen-bond acceptors (Lipinski definition) is 3. The molecule has 1 fully saturated rings. The molecule has 112 valence electrons. The lowest BCUT2D eigenvalue weighted by Gasteiger charge is -2.31. The fraction of sp³-hybridized carbons (Fsp3) is 0.647. The van der Waals surface area contributed by atoms with Gasteiger partial charge in [-0.3, -0.25) is 0 Å². The van der Waals surface area contributed by atoms with Gasteiger partial charge in [-0.2, -0.15) is 0 Å². The van der Waals surface area contributed by atoms with Crippen molar-refractivity contribution < 1.29 is 5.11 Å². The topological polar surface area (TPSA) is 49.5 Å². The van der Waals surface area contributed by atoms with Gasteiger partial charge in [-0.25, -0.2) is 0 Å². The number of nitrogens with two attached hydrogens (primary N) is 1. The molecule has 3 nitrogen and oxygen atoms in total. The Morgan fingerprint density at radius 1 is 1.40 bits per heavy atom. The highest BCUT2D eigenvalue weighted by atomic mass is 16.3. The molecule has 1 saturated carbocycles. The molecule has 0 radical (unpaired) electrons. The second-order valence-electron chi connectivity index (χ2n) is 6.48. The Balaban J connectivity index is 1.97. The zero-order chi connectivity index (χ0) is 14.8. The van der Waals surface area contributed by atoms with E-state index < -0.39 is 0 Å². The lowest BCUT2D eigenvalue weighted by molar-refractivity contribution is 0.156. The summed E-state index contributed by atoms with van der Waals surface area (Å²) in [6, 6.07) is 6.58. The summed E-state index contributed by atoms with van der Waals surface area (Å²) in [6.45, 7) is 5.40. The number of aryl methyl sites for hydroxylation is 2. The fourth-order valence-electron chi connectivity index (χ4n) is 3.51. The van der Waals surface area contributed by atoms with E-state index in [2.05, 4.69) is 44.0 Å². The van der Waals surface area contributed by atoms with Gasteiger partial charge in [0.05, 0.1) is 6.61 Å². The molecule has 1 aromatic carbocycles. The van der Waals surface area contributed by atoms with Crippen LogP contribution in [0.2, 0.25) is 0 Å². The molecule has 0 aromatic heterocycles. The van der Waals surface area contributed by atoms with E-state index in [1.807, 2.05) is 0 Å². The van der Waals surface area contributed by atoms with Crippen molar-refractivity contribution >= 4 is 5.69 Å². The Morgan fingerprint density at radius 2 is 2.15 bits per heavy atom. The summed E-state index contributed by atoms with van der Waals surface area (Å²) in [5, 5.41) is 9.51. The van der Waals surface area contributed by atoms with E-state index in [0.29, 0.717) is 5.92 Å². The molecule has 0 bridgehead atoms. The third-order valence-electron chi connectivity index (χ3n) is 4.88. The van der Waals surface area contributed by atoms with E-state index in [-0.39, 0.29) is 12.1 Å². The largest absolute Gasteiger partial charge is 0.394 e. The molecule has 2 rings (SSSR count). The first-order chi connectivity index (χ1) is 9.46. The quantitative estimate of drug-likeness (QED) is 0.869. The Kier molecular flexibility index (Phi) is 4.71. The van der Waals surface area contributed by atoms with Crippen LogP contribution in [-0.2, 0) is 0 Å². The van der Waals surface area contributed by atoms with Crippen molar-refractivity contribution in [3.8, 4) is 0 Å². The molecule has 0 spiro atoms. The van der Waals surface area contributed by atoms with Gasteiger partial charge >= 0.3 is 0 Å². The highest BCUT2D eigenvalue weighted by Crippen LogP contribution is 2.36. The summed E-state index contributed by atoms with van der Waals surface area (Å²) in [5.74, 6) is 0.445. The van der Waals surface area contributed by atoms with Crippen molar-refractivity contribution in [3.05, 3.63) is 29.3 Å². The van der Waals surface area contributed by atoms with Crippen molar-refractivity contribution in [3.63, 3.8) is 0 Å². The molecule has 2 unspecified atom stereocenters. The highest BCUT2D eigenvalue weighted by molar-refractivity contribution is 5.53. The number of anilines is 1. The van der Waals surface area contributed by atoms with Crippen LogP contribution in [0.1, 0.15) is 36.8 Å². The first-order valence-corrected chi connectivity index (χ1v) is 7.64. The first kappa shape index (κ1) is 15.3. The lowest BCUT2D eigenvalue weighted by Crippen LogP contribution is -2.47. The number of hydrogen-bond donors (Lipinski definition) is 2. The van der Waals surface area contributed by atoms with Crippen molar-refractivity contribution in [1.29, 1.82) is 0 Å². The summed E-state index contributed by atoms with van der Waals surface area (Å²) in [5.41, 5.74) is 9.88. The molecule has 0 aliphatic heterocycles. The van der Waals surface area contributed by atoms with E-state index in [1.54, 1.807) is 0 Å². The maximum atomic E-state index is 9.51. The monoisotopic (exact) mass is 276 g/mol. The summed E-state index contributed by atoms with van der Waals surface area (Å²) in [4.78, 5) is 2.31. The van der Waals surface area contributed by atoms with Crippen LogP contribution in [-0.4, -0.2) is 30.8 Å². The maximum absolute atomic E-state index is 9.51. The molecule has 0 heterocycles. The molecule has 2 atom stereocenters. The van der Waals surface area contributed by atoms with Crippen LogP contribution in [0.15, 0.2) is 18.2 Å². The van der Waals surface area contributed by atoms with Crippen LogP contribution in [0.4, 0.5) is 5.69 Å². The van der Waals surface area contributed by atoms with E-state index >= 15 is 0 Å². The van der Waals surface area contributed by atoms with Crippen molar-refractivity contribution in [1.82, 2.24) is 0 Å². The van der Waals surface area contributed by atoms with Gasteiger partial charge in [-0.05, 0) is 50.7 Å². The molecule has 3 N–H and O–H groups in total. The van der Waals surface area contributed by atoms with E-state index in [4.69, 9.17) is 5.73 Å². The van der Waals surface area contributed by atoms with Gasteiger partial charge in [0.25, 0.3) is 0 Å². The SMILES string of the molecule is Cc1ccc(N(C)CCC2CCCC2(N)CO)c(C)c1. The van der Waals surface area contributed by atoms with Gasteiger partial charge in [0.15, 0.2) is 0 Å². The number of aliphatic hydroxyl groups is 1. The molecule has 1 aliphatic carbocycles. The zero-order valence-corrected chi connectivity index (χ0v) is 13.0. The Labute approximate surface area is 122 Å². The van der Waals surface area contributed by atoms with Gasteiger partial charge in [0.1, 0.15) is 0 Å². The molecular weight excluding hydrogens is 248 g/mol. The van der Waals surface area contributed by atoms with Gasteiger partial charge in [0, 0.05) is 24.8 Å². The normalized spacial score (nSPS) is 25.9. The second kappa shape index (κ2) is 6.15. The Bertz CT molecular complexity index is 460. The number of nitrogens with zero attached hydrogens (tertiary/aromatic N) is 1. The van der Waals surface area contributed by atoms with Gasteiger partial charge in [-0.15, -0.1) is 0 Å². The van der Waals surface area contributed by atoms with Crippen LogP contribution in [0.25, 0.3) is 0 Å². The third-order valence-corrected chi connectivity index (χ3v) is 4.88. The minimum absolute atomic E-state index is 0.116. The van der Waals surface area contributed by atoms with Crippen LogP contribution in [0.3, 0.4) is 0 Å². The molecular formula is C17H28N2O. The molecule has 1 aliphatic rings. The van der Waals surface area contributed by atoms with Crippen molar-refractivity contribution in [2.45, 2.75) is 45.1 Å². The summed E-state index contributed by atoms with van der Waals surface area (Å²) >= 11 is 0. The predicted octanol–water partition coefficient (Wildman–Crippen LogP) is 2.62. The summed E-state index contributed by atoms with van der Waals surface area (Å²) in [7, 11) is 2.14. The smallest absolute Gasteiger partial charge is 0.0613 e. The van der Waals surface area contributed by atoms with Gasteiger partial charge < -0.3 is 15.7 Å². The van der Waals surface area contributed by atoms with Crippen LogP contribution in [0, 0.1) is 19.8 Å². The van der Waals surface area contributed by atoms with Gasteiger partial charge in [0.2, 0.25) is 0 Å². The Hall–Kier alpha value is -1.06. The minimum Gasteiger partial charge on any atom is -0.394 e. The average Bonchev–Trinajstić information content (AvgIpc) is 2.78. The standard InChI is InChI=1S/C17H28N2O/c1-13-6-7-16(14(2)11-13)19(3)10-8-15-5-4-9-17(15,18)12-20/h6-7,11,15,20H,4-5,8-10,12,18H2,1-3H3.